The van der Waals surface area contributed by atoms with Gasteiger partial charge >= 0.3 is 0 Å². The summed E-state index contributed by atoms with van der Waals surface area (Å²) in [5.74, 6) is -2.02. The highest BCUT2D eigenvalue weighted by molar-refractivity contribution is 4.98. The van der Waals surface area contributed by atoms with Crippen LogP contribution in [0.1, 0.15) is 6.42 Å². The van der Waals surface area contributed by atoms with E-state index < -0.39 is 36.8 Å². The average Bonchev–Trinajstić information content (AvgIpc) is 2.21. The van der Waals surface area contributed by atoms with Gasteiger partial charge in [0.1, 0.15) is 24.4 Å². The van der Waals surface area contributed by atoms with Crippen LogP contribution in [0, 0.1) is 0 Å². The largest absolute Gasteiger partial charge is 0.394 e. The third-order valence-electron chi connectivity index (χ3n) is 2.49. The lowest BCUT2D eigenvalue weighted by Crippen LogP contribution is -2.64. The van der Waals surface area contributed by atoms with Crippen molar-refractivity contribution in [3.05, 3.63) is 12.7 Å². The van der Waals surface area contributed by atoms with Crippen molar-refractivity contribution in [2.75, 3.05) is 6.61 Å². The van der Waals surface area contributed by atoms with Gasteiger partial charge in [-0.3, -0.25) is 0 Å². The van der Waals surface area contributed by atoms with E-state index in [1.807, 2.05) is 0 Å². The molecule has 5 N–H and O–H groups in total. The highest BCUT2D eigenvalue weighted by Crippen LogP contribution is 2.30. The molecule has 0 aromatic carbocycles. The van der Waals surface area contributed by atoms with E-state index in [1.165, 1.54) is 6.08 Å². The van der Waals surface area contributed by atoms with Gasteiger partial charge in [-0.15, -0.1) is 6.58 Å². The molecule has 0 aromatic rings. The summed E-state index contributed by atoms with van der Waals surface area (Å²) in [6, 6.07) is 0. The average molecular weight is 220 g/mol. The Labute approximate surface area is 87.0 Å². The molecule has 15 heavy (non-hydrogen) atoms. The summed E-state index contributed by atoms with van der Waals surface area (Å²) in [5, 5.41) is 47.0. The van der Waals surface area contributed by atoms with E-state index in [-0.39, 0.29) is 6.42 Å². The minimum Gasteiger partial charge on any atom is -0.394 e. The molecule has 1 fully saturated rings. The van der Waals surface area contributed by atoms with Gasteiger partial charge in [0.05, 0.1) is 6.61 Å². The van der Waals surface area contributed by atoms with Gasteiger partial charge in [0.15, 0.2) is 5.79 Å². The smallest absolute Gasteiger partial charge is 0.198 e. The van der Waals surface area contributed by atoms with Crippen molar-refractivity contribution in [2.24, 2.45) is 0 Å². The van der Waals surface area contributed by atoms with Crippen molar-refractivity contribution in [1.29, 1.82) is 0 Å². The minimum atomic E-state index is -2.02. The molecule has 0 spiro atoms. The van der Waals surface area contributed by atoms with Gasteiger partial charge in [0.25, 0.3) is 0 Å². The molecule has 1 heterocycles. The molecule has 0 bridgehead atoms. The summed E-state index contributed by atoms with van der Waals surface area (Å²) in [6.45, 7) is 2.81. The standard InChI is InChI=1S/C9H16O6/c1-2-3-9(14)8(13)7(12)6(11)5(4-10)15-9/h2,5-8,10-14H,1,3-4H2. The Hall–Kier alpha value is -0.500. The van der Waals surface area contributed by atoms with Crippen LogP contribution in [0.25, 0.3) is 0 Å². The molecular weight excluding hydrogens is 204 g/mol. The first-order valence-corrected chi connectivity index (χ1v) is 4.62. The van der Waals surface area contributed by atoms with Crippen molar-refractivity contribution in [1.82, 2.24) is 0 Å². The molecule has 5 atom stereocenters. The van der Waals surface area contributed by atoms with Crippen LogP contribution >= 0.6 is 0 Å². The predicted molar refractivity (Wildman–Crippen MR) is 49.7 cm³/mol. The second-order valence-electron chi connectivity index (χ2n) is 3.60. The van der Waals surface area contributed by atoms with E-state index >= 15 is 0 Å². The first-order valence-electron chi connectivity index (χ1n) is 4.62. The lowest BCUT2D eigenvalue weighted by Gasteiger charge is -2.45. The number of hydrogen-bond donors (Lipinski definition) is 5. The molecule has 0 saturated carbocycles. The van der Waals surface area contributed by atoms with Crippen LogP contribution in [0.4, 0.5) is 0 Å². The number of rotatable bonds is 3. The molecule has 6 nitrogen and oxygen atoms in total. The fourth-order valence-corrected chi connectivity index (χ4v) is 1.60. The van der Waals surface area contributed by atoms with Crippen LogP contribution in [0.3, 0.4) is 0 Å². The van der Waals surface area contributed by atoms with Gasteiger partial charge in [0.2, 0.25) is 0 Å². The summed E-state index contributed by atoms with van der Waals surface area (Å²) in [6.07, 6.45) is -4.59. The zero-order chi connectivity index (χ0) is 11.6. The van der Waals surface area contributed by atoms with E-state index in [0.717, 1.165) is 0 Å². The first kappa shape index (κ1) is 12.6. The Kier molecular flexibility index (Phi) is 3.82. The highest BCUT2D eigenvalue weighted by Gasteiger charge is 2.51. The SMILES string of the molecule is C=CCC1(O)OC(CO)C(O)C(O)C1O. The molecule has 88 valence electrons. The summed E-state index contributed by atoms with van der Waals surface area (Å²) in [4.78, 5) is 0. The monoisotopic (exact) mass is 220 g/mol. The highest BCUT2D eigenvalue weighted by atomic mass is 16.7. The topological polar surface area (TPSA) is 110 Å². The van der Waals surface area contributed by atoms with Gasteiger partial charge in [-0.25, -0.2) is 0 Å². The Morgan fingerprint density at radius 1 is 1.27 bits per heavy atom. The van der Waals surface area contributed by atoms with Gasteiger partial charge in [0, 0.05) is 6.42 Å². The quantitative estimate of drug-likeness (QED) is 0.343. The second-order valence-corrected chi connectivity index (χ2v) is 3.60. The molecule has 1 saturated heterocycles. The maximum Gasteiger partial charge on any atom is 0.198 e. The maximum absolute atomic E-state index is 9.80. The fraction of sp³-hybridized carbons (Fsp3) is 0.778. The van der Waals surface area contributed by atoms with E-state index in [0.29, 0.717) is 0 Å². The van der Waals surface area contributed by atoms with Crippen LogP contribution in [-0.2, 0) is 4.74 Å². The van der Waals surface area contributed by atoms with Crippen molar-refractivity contribution in [3.8, 4) is 0 Å². The summed E-state index contributed by atoms with van der Waals surface area (Å²) < 4.78 is 4.93. The molecule has 1 aliphatic heterocycles. The molecule has 1 rings (SSSR count). The van der Waals surface area contributed by atoms with Crippen LogP contribution in [-0.4, -0.2) is 62.3 Å². The number of aliphatic hydroxyl groups is 5. The Balaban J connectivity index is 2.86. The summed E-state index contributed by atoms with van der Waals surface area (Å²) >= 11 is 0. The van der Waals surface area contributed by atoms with Crippen molar-refractivity contribution in [2.45, 2.75) is 36.6 Å². The van der Waals surface area contributed by atoms with Gasteiger partial charge in [-0.1, -0.05) is 6.08 Å². The Morgan fingerprint density at radius 3 is 2.33 bits per heavy atom. The number of aliphatic hydroxyl groups excluding tert-OH is 4. The minimum absolute atomic E-state index is 0.117. The first-order chi connectivity index (χ1) is 6.96. The van der Waals surface area contributed by atoms with Crippen molar-refractivity contribution in [3.63, 3.8) is 0 Å². The summed E-state index contributed by atoms with van der Waals surface area (Å²) in [7, 11) is 0. The van der Waals surface area contributed by atoms with E-state index in [1.54, 1.807) is 0 Å². The maximum atomic E-state index is 9.80. The molecule has 0 radical (unpaired) electrons. The molecule has 0 aliphatic carbocycles. The summed E-state index contributed by atoms with van der Waals surface area (Å²) in [5.41, 5.74) is 0. The Bertz CT molecular complexity index is 231. The number of ether oxygens (including phenoxy) is 1. The molecule has 0 amide bonds. The van der Waals surface area contributed by atoms with E-state index in [4.69, 9.17) is 9.84 Å². The van der Waals surface area contributed by atoms with Crippen molar-refractivity contribution < 1.29 is 30.3 Å². The van der Waals surface area contributed by atoms with Gasteiger partial charge < -0.3 is 30.3 Å². The van der Waals surface area contributed by atoms with Crippen LogP contribution < -0.4 is 0 Å². The number of hydrogen-bond acceptors (Lipinski definition) is 6. The van der Waals surface area contributed by atoms with Crippen molar-refractivity contribution >= 4 is 0 Å². The molecule has 1 aliphatic rings. The van der Waals surface area contributed by atoms with Gasteiger partial charge in [-0.05, 0) is 0 Å². The zero-order valence-electron chi connectivity index (χ0n) is 8.15. The zero-order valence-corrected chi connectivity index (χ0v) is 8.15. The third-order valence-corrected chi connectivity index (χ3v) is 2.49. The Morgan fingerprint density at radius 2 is 1.87 bits per heavy atom. The van der Waals surface area contributed by atoms with Crippen LogP contribution in [0.2, 0.25) is 0 Å². The van der Waals surface area contributed by atoms with E-state index in [2.05, 4.69) is 6.58 Å². The fourth-order valence-electron chi connectivity index (χ4n) is 1.60. The molecular formula is C9H16O6. The lowest BCUT2D eigenvalue weighted by atomic mass is 9.91. The second kappa shape index (κ2) is 4.56. The van der Waals surface area contributed by atoms with Gasteiger partial charge in [-0.2, -0.15) is 0 Å². The predicted octanol–water partition coefficient (Wildman–Crippen LogP) is -2.28. The van der Waals surface area contributed by atoms with E-state index in [9.17, 15) is 20.4 Å². The normalized spacial score (nSPS) is 46.5. The van der Waals surface area contributed by atoms with Crippen LogP contribution in [0.15, 0.2) is 12.7 Å². The lowest BCUT2D eigenvalue weighted by molar-refractivity contribution is -0.347. The van der Waals surface area contributed by atoms with Crippen LogP contribution in [0.5, 0.6) is 0 Å². The molecule has 6 heteroatoms. The molecule has 5 unspecified atom stereocenters. The third kappa shape index (κ3) is 2.20. The molecule has 0 aromatic heterocycles.